The third-order valence-corrected chi connectivity index (χ3v) is 6.81. The second kappa shape index (κ2) is 10.9. The molecule has 1 N–H and O–H groups in total. The van der Waals surface area contributed by atoms with Gasteiger partial charge in [-0.3, -0.25) is 9.59 Å². The summed E-state index contributed by atoms with van der Waals surface area (Å²) in [6.45, 7) is 4.07. The topological polar surface area (TPSA) is 113 Å². The van der Waals surface area contributed by atoms with Crippen LogP contribution in [-0.2, 0) is 24.3 Å². The van der Waals surface area contributed by atoms with Crippen molar-refractivity contribution >= 4 is 39.4 Å². The molecular formula is C20H28ClN3O6S. The Balaban J connectivity index is 1.92. The fourth-order valence-electron chi connectivity index (χ4n) is 3.08. The van der Waals surface area contributed by atoms with Crippen LogP contribution < -0.4 is 5.32 Å². The first-order valence-corrected chi connectivity index (χ1v) is 12.2. The monoisotopic (exact) mass is 473 g/mol. The Bertz CT molecular complexity index is 898. The summed E-state index contributed by atoms with van der Waals surface area (Å²) in [5, 5.41) is 3.17. The lowest BCUT2D eigenvalue weighted by Crippen LogP contribution is -2.51. The standard InChI is InChI=1S/C20H28ClN3O6S/c1-4-14(2)18(22-19(26)15-5-7-16(21)8-6-15)20(27)30-13-17(25)23-9-11-24(12-10-23)31(3,28)29/h5-8,14,18H,4,9-13H2,1-3H3,(H,22,26)/t14-,18-/m0/s1. The van der Waals surface area contributed by atoms with Gasteiger partial charge < -0.3 is 15.0 Å². The molecule has 1 heterocycles. The molecule has 1 fully saturated rings. The number of hydrogen-bond acceptors (Lipinski definition) is 6. The van der Waals surface area contributed by atoms with Crippen molar-refractivity contribution < 1.29 is 27.5 Å². The van der Waals surface area contributed by atoms with Gasteiger partial charge in [-0.15, -0.1) is 0 Å². The number of carbonyl (C=O) groups is 3. The molecule has 1 aliphatic rings. The predicted octanol–water partition coefficient (Wildman–Crippen LogP) is 1.13. The highest BCUT2D eigenvalue weighted by atomic mass is 35.5. The molecule has 1 aromatic rings. The van der Waals surface area contributed by atoms with Crippen molar-refractivity contribution in [3.63, 3.8) is 0 Å². The first-order chi connectivity index (χ1) is 14.5. The van der Waals surface area contributed by atoms with Crippen LogP contribution in [0.2, 0.25) is 5.02 Å². The van der Waals surface area contributed by atoms with E-state index in [0.717, 1.165) is 6.26 Å². The number of rotatable bonds is 8. The number of ether oxygens (including phenoxy) is 1. The minimum absolute atomic E-state index is 0.200. The summed E-state index contributed by atoms with van der Waals surface area (Å²) in [5.41, 5.74) is 0.352. The number of benzene rings is 1. The van der Waals surface area contributed by atoms with Crippen LogP contribution in [0.25, 0.3) is 0 Å². The van der Waals surface area contributed by atoms with Crippen LogP contribution in [0.1, 0.15) is 30.6 Å². The summed E-state index contributed by atoms with van der Waals surface area (Å²) in [6, 6.07) is 5.35. The zero-order chi connectivity index (χ0) is 23.2. The molecule has 1 saturated heterocycles. The van der Waals surface area contributed by atoms with Crippen molar-refractivity contribution in [3.05, 3.63) is 34.9 Å². The SMILES string of the molecule is CC[C@H](C)[C@H](NC(=O)c1ccc(Cl)cc1)C(=O)OCC(=O)N1CCN(S(C)(=O)=O)CC1. The van der Waals surface area contributed by atoms with E-state index in [0.29, 0.717) is 17.0 Å². The lowest BCUT2D eigenvalue weighted by molar-refractivity contribution is -0.155. The van der Waals surface area contributed by atoms with E-state index in [4.69, 9.17) is 16.3 Å². The molecular weight excluding hydrogens is 446 g/mol. The van der Waals surface area contributed by atoms with E-state index < -0.39 is 40.5 Å². The maximum atomic E-state index is 12.6. The number of hydrogen-bond donors (Lipinski definition) is 1. The van der Waals surface area contributed by atoms with Gasteiger partial charge in [-0.2, -0.15) is 4.31 Å². The lowest BCUT2D eigenvalue weighted by atomic mass is 9.99. The average Bonchev–Trinajstić information content (AvgIpc) is 2.74. The number of nitrogens with zero attached hydrogens (tertiary/aromatic N) is 2. The Labute approximate surface area is 187 Å². The highest BCUT2D eigenvalue weighted by Gasteiger charge is 2.30. The molecule has 0 radical (unpaired) electrons. The molecule has 2 amide bonds. The molecule has 0 aromatic heterocycles. The Kier molecular flexibility index (Phi) is 8.84. The second-order valence-corrected chi connectivity index (χ2v) is 9.91. The van der Waals surface area contributed by atoms with Crippen molar-refractivity contribution in [2.45, 2.75) is 26.3 Å². The van der Waals surface area contributed by atoms with Crippen molar-refractivity contribution in [3.8, 4) is 0 Å². The van der Waals surface area contributed by atoms with Gasteiger partial charge >= 0.3 is 5.97 Å². The predicted molar refractivity (Wildman–Crippen MR) is 116 cm³/mol. The number of piperazine rings is 1. The molecule has 0 saturated carbocycles. The van der Waals surface area contributed by atoms with Gasteiger partial charge in [0.05, 0.1) is 6.26 Å². The quantitative estimate of drug-likeness (QED) is 0.566. The molecule has 0 unspecified atom stereocenters. The van der Waals surface area contributed by atoms with Gasteiger partial charge in [0.2, 0.25) is 10.0 Å². The van der Waals surface area contributed by atoms with Crippen molar-refractivity contribution in [1.29, 1.82) is 0 Å². The Morgan fingerprint density at radius 3 is 2.23 bits per heavy atom. The Morgan fingerprint density at radius 1 is 1.13 bits per heavy atom. The Morgan fingerprint density at radius 2 is 1.71 bits per heavy atom. The number of esters is 1. The van der Waals surface area contributed by atoms with E-state index in [9.17, 15) is 22.8 Å². The van der Waals surface area contributed by atoms with E-state index in [1.54, 1.807) is 31.2 Å². The third-order valence-electron chi connectivity index (χ3n) is 5.26. The van der Waals surface area contributed by atoms with Gasteiger partial charge in [0, 0.05) is 36.8 Å². The van der Waals surface area contributed by atoms with Crippen LogP contribution in [-0.4, -0.2) is 80.5 Å². The van der Waals surface area contributed by atoms with Crippen LogP contribution in [0.4, 0.5) is 0 Å². The van der Waals surface area contributed by atoms with Gasteiger partial charge in [0.1, 0.15) is 6.04 Å². The number of amides is 2. The molecule has 31 heavy (non-hydrogen) atoms. The number of nitrogens with one attached hydrogen (secondary N) is 1. The molecule has 172 valence electrons. The summed E-state index contributed by atoms with van der Waals surface area (Å²) >= 11 is 5.84. The second-order valence-electron chi connectivity index (χ2n) is 7.49. The largest absolute Gasteiger partial charge is 0.454 e. The molecule has 1 aromatic carbocycles. The fraction of sp³-hybridized carbons (Fsp3) is 0.550. The van der Waals surface area contributed by atoms with Gasteiger partial charge in [-0.25, -0.2) is 13.2 Å². The molecule has 2 atom stereocenters. The van der Waals surface area contributed by atoms with Crippen molar-refractivity contribution in [2.24, 2.45) is 5.92 Å². The normalized spacial score (nSPS) is 17.0. The van der Waals surface area contributed by atoms with Crippen molar-refractivity contribution in [1.82, 2.24) is 14.5 Å². The van der Waals surface area contributed by atoms with E-state index >= 15 is 0 Å². The zero-order valence-electron chi connectivity index (χ0n) is 17.8. The molecule has 0 spiro atoms. The van der Waals surface area contributed by atoms with Gasteiger partial charge in [0.15, 0.2) is 6.61 Å². The first-order valence-electron chi connectivity index (χ1n) is 9.99. The zero-order valence-corrected chi connectivity index (χ0v) is 19.4. The summed E-state index contributed by atoms with van der Waals surface area (Å²) in [7, 11) is -3.30. The van der Waals surface area contributed by atoms with Crippen LogP contribution in [0.3, 0.4) is 0 Å². The minimum atomic E-state index is -3.30. The molecule has 9 nitrogen and oxygen atoms in total. The van der Waals surface area contributed by atoms with E-state index in [1.165, 1.54) is 9.21 Å². The third kappa shape index (κ3) is 7.19. The maximum Gasteiger partial charge on any atom is 0.329 e. The average molecular weight is 474 g/mol. The number of halogens is 1. The molecule has 1 aliphatic heterocycles. The molecule has 11 heteroatoms. The van der Waals surface area contributed by atoms with Crippen LogP contribution in [0, 0.1) is 5.92 Å². The first kappa shape index (κ1) is 25.1. The van der Waals surface area contributed by atoms with Crippen molar-refractivity contribution in [2.75, 3.05) is 39.0 Å². The summed E-state index contributed by atoms with van der Waals surface area (Å²) in [5.74, 6) is -1.76. The van der Waals surface area contributed by atoms with Crippen LogP contribution in [0.15, 0.2) is 24.3 Å². The summed E-state index contributed by atoms with van der Waals surface area (Å²) < 4.78 is 29.6. The molecule has 2 rings (SSSR count). The van der Waals surface area contributed by atoms with E-state index in [-0.39, 0.29) is 32.1 Å². The van der Waals surface area contributed by atoms with Gasteiger partial charge in [-0.05, 0) is 30.2 Å². The highest BCUT2D eigenvalue weighted by Crippen LogP contribution is 2.13. The minimum Gasteiger partial charge on any atom is -0.454 e. The van der Waals surface area contributed by atoms with Crippen LogP contribution >= 0.6 is 11.6 Å². The summed E-state index contributed by atoms with van der Waals surface area (Å²) in [6.07, 6.45) is 1.74. The Hall–Kier alpha value is -2.17. The maximum absolute atomic E-state index is 12.6. The van der Waals surface area contributed by atoms with Gasteiger partial charge in [0.25, 0.3) is 11.8 Å². The van der Waals surface area contributed by atoms with Crippen LogP contribution in [0.5, 0.6) is 0 Å². The number of sulfonamides is 1. The summed E-state index contributed by atoms with van der Waals surface area (Å²) in [4.78, 5) is 39.0. The van der Waals surface area contributed by atoms with E-state index in [2.05, 4.69) is 5.32 Å². The van der Waals surface area contributed by atoms with Gasteiger partial charge in [-0.1, -0.05) is 31.9 Å². The number of carbonyl (C=O) groups excluding carboxylic acids is 3. The smallest absolute Gasteiger partial charge is 0.329 e. The highest BCUT2D eigenvalue weighted by molar-refractivity contribution is 7.88. The molecule has 0 bridgehead atoms. The fourth-order valence-corrected chi connectivity index (χ4v) is 4.03. The molecule has 0 aliphatic carbocycles. The lowest BCUT2D eigenvalue weighted by Gasteiger charge is -2.33. The van der Waals surface area contributed by atoms with E-state index in [1.807, 2.05) is 6.92 Å².